The summed E-state index contributed by atoms with van der Waals surface area (Å²) < 4.78 is 1.44. The van der Waals surface area contributed by atoms with Crippen molar-refractivity contribution in [3.63, 3.8) is 0 Å². The molecule has 0 saturated carbocycles. The molecule has 0 aliphatic carbocycles. The number of benzene rings is 2. The molecule has 0 fully saturated rings. The van der Waals surface area contributed by atoms with Gasteiger partial charge in [-0.05, 0) is 43.0 Å². The number of carbonyl (C=O) groups excluding carboxylic acids is 2. The lowest BCUT2D eigenvalue weighted by Crippen LogP contribution is -2.40. The van der Waals surface area contributed by atoms with Crippen LogP contribution < -0.4 is 10.9 Å². The Morgan fingerprint density at radius 3 is 1.91 bits per heavy atom. The Kier molecular flexibility index (Phi) is 8.58. The summed E-state index contributed by atoms with van der Waals surface area (Å²) in [6.45, 7) is 4.58. The first-order valence-corrected chi connectivity index (χ1v) is 11.3. The maximum atomic E-state index is 13.3. The van der Waals surface area contributed by atoms with Gasteiger partial charge in [0.25, 0.3) is 5.56 Å². The highest BCUT2D eigenvalue weighted by atomic mass is 16.2. The van der Waals surface area contributed by atoms with E-state index in [1.54, 1.807) is 26.0 Å². The molecule has 2 aromatic carbocycles. The number of nitrogens with zero attached hydrogens (tertiary/aromatic N) is 2. The molecule has 33 heavy (non-hydrogen) atoms. The van der Waals surface area contributed by atoms with Crippen LogP contribution in [-0.4, -0.2) is 34.4 Å². The van der Waals surface area contributed by atoms with Crippen LogP contribution in [0, 0.1) is 6.92 Å². The third-order valence-electron chi connectivity index (χ3n) is 5.66. The zero-order chi connectivity index (χ0) is 23.6. The molecular weight excluding hydrogens is 414 g/mol. The van der Waals surface area contributed by atoms with E-state index in [0.717, 1.165) is 24.0 Å². The minimum absolute atomic E-state index is 0.0654. The van der Waals surface area contributed by atoms with E-state index in [4.69, 9.17) is 0 Å². The molecule has 0 aliphatic heterocycles. The summed E-state index contributed by atoms with van der Waals surface area (Å²) in [6, 6.07) is 23.4. The van der Waals surface area contributed by atoms with E-state index in [1.165, 1.54) is 4.57 Å². The van der Waals surface area contributed by atoms with Crippen LogP contribution in [0.15, 0.2) is 77.6 Å². The molecule has 0 unspecified atom stereocenters. The third-order valence-corrected chi connectivity index (χ3v) is 5.66. The van der Waals surface area contributed by atoms with Gasteiger partial charge in [0, 0.05) is 25.2 Å². The molecule has 2 amide bonds. The highest BCUT2D eigenvalue weighted by molar-refractivity contribution is 5.90. The number of hydrogen-bond donors (Lipinski definition) is 1. The van der Waals surface area contributed by atoms with Gasteiger partial charge in [0.2, 0.25) is 11.8 Å². The summed E-state index contributed by atoms with van der Waals surface area (Å²) in [4.78, 5) is 39.9. The van der Waals surface area contributed by atoms with Gasteiger partial charge in [-0.3, -0.25) is 14.4 Å². The molecule has 1 heterocycles. The monoisotopic (exact) mass is 445 g/mol. The molecule has 0 spiro atoms. The molecule has 0 bridgehead atoms. The van der Waals surface area contributed by atoms with Crippen LogP contribution in [0.5, 0.6) is 0 Å². The van der Waals surface area contributed by atoms with Gasteiger partial charge in [-0.25, -0.2) is 0 Å². The van der Waals surface area contributed by atoms with Gasteiger partial charge in [0.1, 0.15) is 12.2 Å². The van der Waals surface area contributed by atoms with Gasteiger partial charge in [-0.2, -0.15) is 0 Å². The summed E-state index contributed by atoms with van der Waals surface area (Å²) in [5.74, 6) is -0.354. The van der Waals surface area contributed by atoms with Gasteiger partial charge in [0.05, 0.1) is 0 Å². The van der Waals surface area contributed by atoms with E-state index < -0.39 is 0 Å². The molecule has 1 aromatic heterocycles. The molecular formula is C27H31N3O3. The van der Waals surface area contributed by atoms with E-state index in [9.17, 15) is 14.4 Å². The van der Waals surface area contributed by atoms with E-state index in [1.807, 2.05) is 65.6 Å². The number of nitrogens with one attached hydrogen (secondary N) is 1. The fourth-order valence-corrected chi connectivity index (χ4v) is 3.61. The first-order chi connectivity index (χ1) is 16.0. The Hall–Kier alpha value is -3.67. The van der Waals surface area contributed by atoms with Crippen molar-refractivity contribution >= 4 is 17.5 Å². The molecule has 3 aromatic rings. The number of carbonyl (C=O) groups is 2. The van der Waals surface area contributed by atoms with E-state index in [-0.39, 0.29) is 36.0 Å². The lowest BCUT2D eigenvalue weighted by molar-refractivity contribution is -0.131. The molecule has 172 valence electrons. The van der Waals surface area contributed by atoms with Crippen LogP contribution >= 0.6 is 0 Å². The molecule has 6 heteroatoms. The van der Waals surface area contributed by atoms with Crippen molar-refractivity contribution in [2.75, 3.05) is 18.4 Å². The van der Waals surface area contributed by atoms with Gasteiger partial charge in [-0.1, -0.05) is 67.6 Å². The second kappa shape index (κ2) is 11.8. The number of pyridine rings is 1. The topological polar surface area (TPSA) is 71.4 Å². The summed E-state index contributed by atoms with van der Waals surface area (Å²) in [5.41, 5.74) is 2.82. The summed E-state index contributed by atoms with van der Waals surface area (Å²) in [5, 5.41) is 2.63. The number of aryl methyl sites for hydroxylation is 1. The zero-order valence-corrected chi connectivity index (χ0v) is 19.3. The van der Waals surface area contributed by atoms with Crippen LogP contribution in [0.25, 0.3) is 0 Å². The van der Waals surface area contributed by atoms with Crippen molar-refractivity contribution in [2.24, 2.45) is 0 Å². The van der Waals surface area contributed by atoms with E-state index in [2.05, 4.69) is 5.32 Å². The SMILES string of the molecule is CCC(=O)Nc1ccc(C)n(CC(=O)N(CCc2ccccc2)CCc2ccccc2)c1=O. The van der Waals surface area contributed by atoms with Gasteiger partial charge >= 0.3 is 0 Å². The van der Waals surface area contributed by atoms with Crippen molar-refractivity contribution in [1.82, 2.24) is 9.47 Å². The first-order valence-electron chi connectivity index (χ1n) is 11.3. The molecule has 6 nitrogen and oxygen atoms in total. The molecule has 0 atom stereocenters. The van der Waals surface area contributed by atoms with Crippen molar-refractivity contribution < 1.29 is 9.59 Å². The summed E-state index contributed by atoms with van der Waals surface area (Å²) >= 11 is 0. The lowest BCUT2D eigenvalue weighted by Gasteiger charge is -2.24. The van der Waals surface area contributed by atoms with Crippen molar-refractivity contribution in [3.05, 3.63) is 100.0 Å². The molecule has 0 radical (unpaired) electrons. The number of hydrogen-bond acceptors (Lipinski definition) is 3. The molecule has 0 aliphatic rings. The highest BCUT2D eigenvalue weighted by Gasteiger charge is 2.17. The van der Waals surface area contributed by atoms with Gasteiger partial charge in [0.15, 0.2) is 0 Å². The van der Waals surface area contributed by atoms with Crippen molar-refractivity contribution in [2.45, 2.75) is 39.7 Å². The number of amides is 2. The highest BCUT2D eigenvalue weighted by Crippen LogP contribution is 2.08. The predicted molar refractivity (Wildman–Crippen MR) is 131 cm³/mol. The zero-order valence-electron chi connectivity index (χ0n) is 19.3. The fraction of sp³-hybridized carbons (Fsp3) is 0.296. The summed E-state index contributed by atoms with van der Waals surface area (Å²) in [7, 11) is 0. The quantitative estimate of drug-likeness (QED) is 0.516. The molecule has 0 saturated heterocycles. The van der Waals surface area contributed by atoms with E-state index in [0.29, 0.717) is 18.8 Å². The number of aromatic nitrogens is 1. The standard InChI is InChI=1S/C27H31N3O3/c1-3-25(31)28-24-15-14-21(2)30(27(24)33)20-26(32)29(18-16-22-10-6-4-7-11-22)19-17-23-12-8-5-9-13-23/h4-15H,3,16-20H2,1-2H3,(H,28,31). The normalized spacial score (nSPS) is 10.6. The van der Waals surface area contributed by atoms with Crippen LogP contribution in [0.2, 0.25) is 0 Å². The minimum Gasteiger partial charge on any atom is -0.340 e. The van der Waals surface area contributed by atoms with E-state index >= 15 is 0 Å². The van der Waals surface area contributed by atoms with Crippen LogP contribution in [-0.2, 0) is 29.0 Å². The smallest absolute Gasteiger partial charge is 0.274 e. The maximum Gasteiger partial charge on any atom is 0.274 e. The largest absolute Gasteiger partial charge is 0.340 e. The average Bonchev–Trinajstić information content (AvgIpc) is 2.84. The molecule has 3 rings (SSSR count). The Bertz CT molecular complexity index is 1080. The fourth-order valence-electron chi connectivity index (χ4n) is 3.61. The van der Waals surface area contributed by atoms with Crippen molar-refractivity contribution in [3.8, 4) is 0 Å². The van der Waals surface area contributed by atoms with Crippen LogP contribution in [0.3, 0.4) is 0 Å². The first kappa shape index (κ1) is 24.0. The third kappa shape index (κ3) is 6.91. The molecule has 1 N–H and O–H groups in total. The van der Waals surface area contributed by atoms with Gasteiger partial charge < -0.3 is 14.8 Å². The lowest BCUT2D eigenvalue weighted by atomic mass is 10.1. The Morgan fingerprint density at radius 2 is 1.39 bits per heavy atom. The average molecular weight is 446 g/mol. The number of anilines is 1. The van der Waals surface area contributed by atoms with Crippen molar-refractivity contribution in [1.29, 1.82) is 0 Å². The summed E-state index contributed by atoms with van der Waals surface area (Å²) in [6.07, 6.45) is 1.75. The second-order valence-electron chi connectivity index (χ2n) is 8.03. The van der Waals surface area contributed by atoms with Crippen LogP contribution in [0.4, 0.5) is 5.69 Å². The van der Waals surface area contributed by atoms with Crippen LogP contribution in [0.1, 0.15) is 30.2 Å². The Labute approximate surface area is 194 Å². The predicted octanol–water partition coefficient (Wildman–Crippen LogP) is 3.82. The van der Waals surface area contributed by atoms with Gasteiger partial charge in [-0.15, -0.1) is 0 Å². The Balaban J connectivity index is 1.77. The maximum absolute atomic E-state index is 13.3. The minimum atomic E-state index is -0.365. The Morgan fingerprint density at radius 1 is 0.848 bits per heavy atom. The number of rotatable bonds is 10. The second-order valence-corrected chi connectivity index (χ2v) is 8.03.